The molecule has 0 aliphatic heterocycles. The first-order valence-electron chi connectivity index (χ1n) is 5.48. The smallest absolute Gasteiger partial charge is 0.346 e. The SMILES string of the molecule is Cc1cc(NC(=O)c2cc(F)cc(Br)c2)sc1C(=O)O. The fourth-order valence-corrected chi connectivity index (χ4v) is 3.00. The average molecular weight is 358 g/mol. The first-order valence-corrected chi connectivity index (χ1v) is 7.09. The number of thiophene rings is 1. The highest BCUT2D eigenvalue weighted by Crippen LogP contribution is 2.27. The number of hydrogen-bond acceptors (Lipinski definition) is 3. The van der Waals surface area contributed by atoms with Crippen molar-refractivity contribution in [1.82, 2.24) is 0 Å². The van der Waals surface area contributed by atoms with Crippen LogP contribution in [0.25, 0.3) is 0 Å². The minimum atomic E-state index is -1.04. The van der Waals surface area contributed by atoms with Crippen LogP contribution in [0.1, 0.15) is 25.6 Å². The molecule has 0 radical (unpaired) electrons. The van der Waals surface area contributed by atoms with Gasteiger partial charge in [-0.1, -0.05) is 15.9 Å². The Morgan fingerprint density at radius 2 is 2.00 bits per heavy atom. The van der Waals surface area contributed by atoms with Crippen molar-refractivity contribution >= 4 is 44.1 Å². The van der Waals surface area contributed by atoms with Crippen molar-refractivity contribution in [2.45, 2.75) is 6.92 Å². The highest BCUT2D eigenvalue weighted by molar-refractivity contribution is 9.10. The molecule has 0 aliphatic rings. The largest absolute Gasteiger partial charge is 0.477 e. The zero-order chi connectivity index (χ0) is 14.9. The molecule has 7 heteroatoms. The summed E-state index contributed by atoms with van der Waals surface area (Å²) in [6, 6.07) is 5.41. The zero-order valence-electron chi connectivity index (χ0n) is 10.2. The molecule has 2 N–H and O–H groups in total. The summed E-state index contributed by atoms with van der Waals surface area (Å²) < 4.78 is 13.7. The Bertz CT molecular complexity index is 679. The van der Waals surface area contributed by atoms with Gasteiger partial charge in [-0.15, -0.1) is 11.3 Å². The van der Waals surface area contributed by atoms with Crippen LogP contribution < -0.4 is 5.32 Å². The van der Waals surface area contributed by atoms with Gasteiger partial charge in [0, 0.05) is 10.0 Å². The molecular formula is C13H9BrFNO3S. The van der Waals surface area contributed by atoms with Gasteiger partial charge in [0.15, 0.2) is 0 Å². The van der Waals surface area contributed by atoms with E-state index in [1.54, 1.807) is 13.0 Å². The maximum Gasteiger partial charge on any atom is 0.346 e. The normalized spacial score (nSPS) is 10.3. The first kappa shape index (κ1) is 14.7. The summed E-state index contributed by atoms with van der Waals surface area (Å²) in [6.07, 6.45) is 0. The van der Waals surface area contributed by atoms with Gasteiger partial charge in [-0.3, -0.25) is 4.79 Å². The molecule has 0 aliphatic carbocycles. The molecule has 4 nitrogen and oxygen atoms in total. The second-order valence-corrected chi connectivity index (χ2v) is 6.01. The number of carboxylic acid groups (broad SMARTS) is 1. The number of amides is 1. The van der Waals surface area contributed by atoms with Crippen molar-refractivity contribution < 1.29 is 19.1 Å². The number of carboxylic acids is 1. The summed E-state index contributed by atoms with van der Waals surface area (Å²) in [4.78, 5) is 23.1. The molecule has 1 aromatic heterocycles. The second kappa shape index (κ2) is 5.72. The molecule has 0 spiro atoms. The third kappa shape index (κ3) is 3.23. The molecule has 0 unspecified atom stereocenters. The van der Waals surface area contributed by atoms with E-state index in [0.717, 1.165) is 17.4 Å². The Hall–Kier alpha value is -1.73. The Morgan fingerprint density at radius 1 is 1.30 bits per heavy atom. The number of benzene rings is 1. The lowest BCUT2D eigenvalue weighted by Gasteiger charge is -2.03. The summed E-state index contributed by atoms with van der Waals surface area (Å²) in [6.45, 7) is 1.65. The highest BCUT2D eigenvalue weighted by atomic mass is 79.9. The third-order valence-electron chi connectivity index (χ3n) is 2.47. The van der Waals surface area contributed by atoms with Crippen molar-refractivity contribution in [1.29, 1.82) is 0 Å². The Morgan fingerprint density at radius 3 is 2.55 bits per heavy atom. The molecule has 1 amide bonds. The highest BCUT2D eigenvalue weighted by Gasteiger charge is 2.15. The van der Waals surface area contributed by atoms with E-state index in [-0.39, 0.29) is 10.4 Å². The number of aromatic carboxylic acids is 1. The van der Waals surface area contributed by atoms with Gasteiger partial charge in [0.05, 0.1) is 5.00 Å². The number of nitrogens with one attached hydrogen (secondary N) is 1. The van der Waals surface area contributed by atoms with Crippen molar-refractivity contribution in [3.63, 3.8) is 0 Å². The Labute approximate surface area is 126 Å². The molecular weight excluding hydrogens is 349 g/mol. The molecule has 0 bridgehead atoms. The predicted octanol–water partition coefficient (Wildman–Crippen LogP) is 3.91. The van der Waals surface area contributed by atoms with Crippen LogP contribution >= 0.6 is 27.3 Å². The number of halogens is 2. The lowest BCUT2D eigenvalue weighted by molar-refractivity contribution is 0.0701. The van der Waals surface area contributed by atoms with E-state index in [0.29, 0.717) is 15.0 Å². The molecule has 1 aromatic carbocycles. The van der Waals surface area contributed by atoms with Crippen LogP contribution in [-0.4, -0.2) is 17.0 Å². The zero-order valence-corrected chi connectivity index (χ0v) is 12.6. The fraction of sp³-hybridized carbons (Fsp3) is 0.0769. The number of carbonyl (C=O) groups excluding carboxylic acids is 1. The maximum atomic E-state index is 13.2. The number of anilines is 1. The summed E-state index contributed by atoms with van der Waals surface area (Å²) in [5, 5.41) is 11.9. The van der Waals surface area contributed by atoms with Gasteiger partial charge < -0.3 is 10.4 Å². The third-order valence-corrected chi connectivity index (χ3v) is 4.07. The summed E-state index contributed by atoms with van der Waals surface area (Å²) in [5.41, 5.74) is 0.720. The minimum absolute atomic E-state index is 0.153. The van der Waals surface area contributed by atoms with Crippen LogP contribution in [0.3, 0.4) is 0 Å². The summed E-state index contributed by atoms with van der Waals surface area (Å²) in [5.74, 6) is -2.07. The van der Waals surface area contributed by atoms with E-state index in [2.05, 4.69) is 21.2 Å². The van der Waals surface area contributed by atoms with Crippen molar-refractivity contribution in [3.8, 4) is 0 Å². The van der Waals surface area contributed by atoms with Gasteiger partial charge in [-0.2, -0.15) is 0 Å². The van der Waals surface area contributed by atoms with Crippen LogP contribution in [-0.2, 0) is 0 Å². The van der Waals surface area contributed by atoms with Crippen molar-refractivity contribution in [2.75, 3.05) is 5.32 Å². The minimum Gasteiger partial charge on any atom is -0.477 e. The van der Waals surface area contributed by atoms with Crippen LogP contribution in [0.4, 0.5) is 9.39 Å². The average Bonchev–Trinajstić information content (AvgIpc) is 2.69. The van der Waals surface area contributed by atoms with Gasteiger partial charge in [0.2, 0.25) is 0 Å². The van der Waals surface area contributed by atoms with Gasteiger partial charge >= 0.3 is 5.97 Å². The molecule has 20 heavy (non-hydrogen) atoms. The van der Waals surface area contributed by atoms with E-state index in [9.17, 15) is 14.0 Å². The second-order valence-electron chi connectivity index (χ2n) is 4.04. The van der Waals surface area contributed by atoms with Gasteiger partial charge in [-0.05, 0) is 36.8 Å². The lowest BCUT2D eigenvalue weighted by Crippen LogP contribution is -2.11. The molecule has 0 atom stereocenters. The molecule has 1 heterocycles. The summed E-state index contributed by atoms with van der Waals surface area (Å²) >= 11 is 4.07. The van der Waals surface area contributed by atoms with E-state index in [1.165, 1.54) is 12.1 Å². The molecule has 0 fully saturated rings. The number of aryl methyl sites for hydroxylation is 1. The predicted molar refractivity (Wildman–Crippen MR) is 78.1 cm³/mol. The standard InChI is InChI=1S/C13H9BrFNO3S/c1-6-2-10(20-11(6)13(18)19)16-12(17)7-3-8(14)5-9(15)4-7/h2-5H,1H3,(H,16,17)(H,18,19). The first-order chi connectivity index (χ1) is 9.36. The van der Waals surface area contributed by atoms with Crippen LogP contribution in [0.2, 0.25) is 0 Å². The van der Waals surface area contributed by atoms with E-state index < -0.39 is 17.7 Å². The summed E-state index contributed by atoms with van der Waals surface area (Å²) in [7, 11) is 0. The van der Waals surface area contributed by atoms with Crippen LogP contribution in [0.5, 0.6) is 0 Å². The van der Waals surface area contributed by atoms with Gasteiger partial charge in [0.25, 0.3) is 5.91 Å². The number of rotatable bonds is 3. The van der Waals surface area contributed by atoms with E-state index in [4.69, 9.17) is 5.11 Å². The molecule has 2 rings (SSSR count). The van der Waals surface area contributed by atoms with E-state index >= 15 is 0 Å². The van der Waals surface area contributed by atoms with Crippen LogP contribution in [0.15, 0.2) is 28.7 Å². The number of carbonyl (C=O) groups is 2. The quantitative estimate of drug-likeness (QED) is 0.874. The fourth-order valence-electron chi connectivity index (χ4n) is 1.63. The lowest BCUT2D eigenvalue weighted by atomic mass is 10.2. The molecule has 0 saturated heterocycles. The number of hydrogen-bond donors (Lipinski definition) is 2. The van der Waals surface area contributed by atoms with Crippen LogP contribution in [0, 0.1) is 12.7 Å². The molecule has 0 saturated carbocycles. The Kier molecular flexibility index (Phi) is 4.20. The monoisotopic (exact) mass is 357 g/mol. The van der Waals surface area contributed by atoms with Crippen molar-refractivity contribution in [3.05, 3.63) is 50.6 Å². The molecule has 2 aromatic rings. The Balaban J connectivity index is 2.23. The van der Waals surface area contributed by atoms with Gasteiger partial charge in [-0.25, -0.2) is 9.18 Å². The van der Waals surface area contributed by atoms with Gasteiger partial charge in [0.1, 0.15) is 10.7 Å². The van der Waals surface area contributed by atoms with E-state index in [1.807, 2.05) is 0 Å². The van der Waals surface area contributed by atoms with Crippen molar-refractivity contribution in [2.24, 2.45) is 0 Å². The maximum absolute atomic E-state index is 13.2. The topological polar surface area (TPSA) is 66.4 Å². The molecule has 104 valence electrons.